The number of hydrogen-bond acceptors (Lipinski definition) is 5. The number of hydrogen-bond donors (Lipinski definition) is 1. The van der Waals surface area contributed by atoms with Gasteiger partial charge in [0.15, 0.2) is 23.0 Å². The van der Waals surface area contributed by atoms with E-state index in [2.05, 4.69) is 5.32 Å². The standard InChI is InChI=1S/C26H21ClN2O5/c27-18-7-5-6-17(12-18)13-24-26(31)29(20-8-1-2-9-21(20)34-24)15-25(30)28-14-19-16-32-22-10-3-4-11-23(22)33-19/h1-13,19H,14-16H2,(H,28,30)/b24-13+/t19-/m1/s1. The van der Waals surface area contributed by atoms with Gasteiger partial charge in [0.25, 0.3) is 5.91 Å². The Morgan fingerprint density at radius 2 is 1.79 bits per heavy atom. The zero-order valence-corrected chi connectivity index (χ0v) is 18.8. The number of nitrogens with one attached hydrogen (secondary N) is 1. The van der Waals surface area contributed by atoms with E-state index in [4.69, 9.17) is 25.8 Å². The maximum Gasteiger partial charge on any atom is 0.294 e. The Kier molecular flexibility index (Phi) is 6.10. The molecule has 8 heteroatoms. The van der Waals surface area contributed by atoms with Crippen LogP contribution in [0.5, 0.6) is 17.2 Å². The van der Waals surface area contributed by atoms with E-state index in [0.29, 0.717) is 34.6 Å². The predicted molar refractivity (Wildman–Crippen MR) is 128 cm³/mol. The van der Waals surface area contributed by atoms with Crippen LogP contribution in [0.25, 0.3) is 6.08 Å². The number of para-hydroxylation sites is 4. The number of amides is 2. The molecular weight excluding hydrogens is 456 g/mol. The largest absolute Gasteiger partial charge is 0.486 e. The number of nitrogens with zero attached hydrogens (tertiary/aromatic N) is 1. The summed E-state index contributed by atoms with van der Waals surface area (Å²) in [5.41, 5.74) is 1.24. The van der Waals surface area contributed by atoms with Gasteiger partial charge in [-0.1, -0.05) is 48.0 Å². The molecule has 0 aliphatic carbocycles. The number of carbonyl (C=O) groups excluding carboxylic acids is 2. The van der Waals surface area contributed by atoms with Crippen molar-refractivity contribution in [3.05, 3.63) is 89.1 Å². The first kappa shape index (κ1) is 21.9. The molecule has 172 valence electrons. The molecular formula is C26H21ClN2O5. The molecule has 2 aliphatic rings. The van der Waals surface area contributed by atoms with Crippen molar-refractivity contribution in [2.45, 2.75) is 6.10 Å². The van der Waals surface area contributed by atoms with Gasteiger partial charge in [-0.05, 0) is 48.0 Å². The summed E-state index contributed by atoms with van der Waals surface area (Å²) >= 11 is 6.07. The van der Waals surface area contributed by atoms with Crippen LogP contribution in [-0.2, 0) is 9.59 Å². The Balaban J connectivity index is 1.29. The molecule has 0 aromatic heterocycles. The molecule has 2 aliphatic heterocycles. The number of rotatable bonds is 5. The van der Waals surface area contributed by atoms with Gasteiger partial charge in [0, 0.05) is 5.02 Å². The number of carbonyl (C=O) groups is 2. The number of ether oxygens (including phenoxy) is 3. The molecule has 2 amide bonds. The van der Waals surface area contributed by atoms with Gasteiger partial charge in [-0.3, -0.25) is 14.5 Å². The second-order valence-corrected chi connectivity index (χ2v) is 8.26. The SMILES string of the molecule is O=C(CN1C(=O)/C(=C\c2cccc(Cl)c2)Oc2ccccc21)NC[C@@H]1COc2ccccc2O1. The molecule has 0 radical (unpaired) electrons. The fraction of sp³-hybridized carbons (Fsp3) is 0.154. The van der Waals surface area contributed by atoms with Gasteiger partial charge < -0.3 is 19.5 Å². The van der Waals surface area contributed by atoms with Crippen LogP contribution < -0.4 is 24.4 Å². The summed E-state index contributed by atoms with van der Waals surface area (Å²) in [4.78, 5) is 27.4. The van der Waals surface area contributed by atoms with E-state index in [0.717, 1.165) is 5.56 Å². The van der Waals surface area contributed by atoms with Crippen molar-refractivity contribution in [1.82, 2.24) is 5.32 Å². The molecule has 0 saturated heterocycles. The highest BCUT2D eigenvalue weighted by molar-refractivity contribution is 6.30. The van der Waals surface area contributed by atoms with E-state index >= 15 is 0 Å². The third kappa shape index (κ3) is 4.70. The lowest BCUT2D eigenvalue weighted by molar-refractivity contribution is -0.123. The maximum absolute atomic E-state index is 13.2. The van der Waals surface area contributed by atoms with Crippen LogP contribution in [0.15, 0.2) is 78.6 Å². The zero-order chi connectivity index (χ0) is 23.5. The predicted octanol–water partition coefficient (Wildman–Crippen LogP) is 4.06. The van der Waals surface area contributed by atoms with E-state index in [1.54, 1.807) is 42.5 Å². The molecule has 0 bridgehead atoms. The topological polar surface area (TPSA) is 77.1 Å². The number of halogens is 1. The first-order valence-electron chi connectivity index (χ1n) is 10.8. The third-order valence-electron chi connectivity index (χ3n) is 5.37. The third-order valence-corrected chi connectivity index (χ3v) is 5.61. The summed E-state index contributed by atoms with van der Waals surface area (Å²) in [6.45, 7) is 0.401. The highest BCUT2D eigenvalue weighted by atomic mass is 35.5. The molecule has 1 N–H and O–H groups in total. The van der Waals surface area contributed by atoms with Crippen LogP contribution in [0.1, 0.15) is 5.56 Å². The van der Waals surface area contributed by atoms with Crippen LogP contribution in [-0.4, -0.2) is 37.6 Å². The lowest BCUT2D eigenvalue weighted by Crippen LogP contribution is -2.47. The monoisotopic (exact) mass is 476 g/mol. The van der Waals surface area contributed by atoms with Gasteiger partial charge in [-0.2, -0.15) is 0 Å². The van der Waals surface area contributed by atoms with Gasteiger partial charge >= 0.3 is 0 Å². The molecule has 3 aromatic carbocycles. The Morgan fingerprint density at radius 3 is 2.62 bits per heavy atom. The lowest BCUT2D eigenvalue weighted by atomic mass is 10.1. The zero-order valence-electron chi connectivity index (χ0n) is 18.1. The summed E-state index contributed by atoms with van der Waals surface area (Å²) in [5.74, 6) is 1.17. The Morgan fingerprint density at radius 1 is 1.03 bits per heavy atom. The average Bonchev–Trinajstić information content (AvgIpc) is 2.85. The normalized spacial score (nSPS) is 17.7. The van der Waals surface area contributed by atoms with Crippen LogP contribution in [0.4, 0.5) is 5.69 Å². The molecule has 7 nitrogen and oxygen atoms in total. The van der Waals surface area contributed by atoms with Crippen molar-refractivity contribution in [2.75, 3.05) is 24.6 Å². The molecule has 0 spiro atoms. The highest BCUT2D eigenvalue weighted by Gasteiger charge is 2.32. The minimum absolute atomic E-state index is 0.106. The second-order valence-electron chi connectivity index (χ2n) is 7.83. The fourth-order valence-corrected chi connectivity index (χ4v) is 3.96. The van der Waals surface area contributed by atoms with Gasteiger partial charge in [0.2, 0.25) is 5.91 Å². The summed E-state index contributed by atoms with van der Waals surface area (Å²) in [6, 6.07) is 21.6. The van der Waals surface area contributed by atoms with Crippen molar-refractivity contribution < 1.29 is 23.8 Å². The fourth-order valence-electron chi connectivity index (χ4n) is 3.76. The smallest absolute Gasteiger partial charge is 0.294 e. The summed E-state index contributed by atoms with van der Waals surface area (Å²) < 4.78 is 17.4. The molecule has 1 atom stereocenters. The Hall–Kier alpha value is -3.97. The van der Waals surface area contributed by atoms with Crippen molar-refractivity contribution in [3.8, 4) is 17.2 Å². The molecule has 0 unspecified atom stereocenters. The van der Waals surface area contributed by atoms with Gasteiger partial charge in [0.1, 0.15) is 19.3 Å². The first-order valence-corrected chi connectivity index (χ1v) is 11.2. The Bertz CT molecular complexity index is 1280. The van der Waals surface area contributed by atoms with Gasteiger partial charge in [-0.25, -0.2) is 0 Å². The van der Waals surface area contributed by atoms with Gasteiger partial charge in [0.05, 0.1) is 12.2 Å². The molecule has 0 saturated carbocycles. The molecule has 34 heavy (non-hydrogen) atoms. The summed E-state index contributed by atoms with van der Waals surface area (Å²) in [5, 5.41) is 3.39. The van der Waals surface area contributed by atoms with Crippen LogP contribution in [0.3, 0.4) is 0 Å². The van der Waals surface area contributed by atoms with Crippen LogP contribution >= 0.6 is 11.6 Å². The Labute approximate surface area is 201 Å². The molecule has 5 rings (SSSR count). The molecule has 2 heterocycles. The van der Waals surface area contributed by atoms with Crippen molar-refractivity contribution in [3.63, 3.8) is 0 Å². The van der Waals surface area contributed by atoms with Gasteiger partial charge in [-0.15, -0.1) is 0 Å². The number of fused-ring (bicyclic) bond motifs is 2. The van der Waals surface area contributed by atoms with E-state index < -0.39 is 5.91 Å². The van der Waals surface area contributed by atoms with Crippen LogP contribution in [0, 0.1) is 0 Å². The minimum Gasteiger partial charge on any atom is -0.486 e. The first-order chi connectivity index (χ1) is 16.6. The quantitative estimate of drug-likeness (QED) is 0.562. The summed E-state index contributed by atoms with van der Waals surface area (Å²) in [7, 11) is 0. The molecule has 0 fully saturated rings. The summed E-state index contributed by atoms with van der Waals surface area (Å²) in [6.07, 6.45) is 1.28. The lowest BCUT2D eigenvalue weighted by Gasteiger charge is -2.30. The van der Waals surface area contributed by atoms with E-state index in [1.807, 2.05) is 36.4 Å². The van der Waals surface area contributed by atoms with Crippen molar-refractivity contribution in [1.29, 1.82) is 0 Å². The van der Waals surface area contributed by atoms with Crippen molar-refractivity contribution in [2.24, 2.45) is 0 Å². The second kappa shape index (κ2) is 9.49. The van der Waals surface area contributed by atoms with E-state index in [-0.39, 0.29) is 30.9 Å². The highest BCUT2D eigenvalue weighted by Crippen LogP contribution is 2.35. The minimum atomic E-state index is -0.417. The molecule has 3 aromatic rings. The van der Waals surface area contributed by atoms with Crippen molar-refractivity contribution >= 4 is 35.2 Å². The van der Waals surface area contributed by atoms with E-state index in [9.17, 15) is 9.59 Å². The number of anilines is 1. The average molecular weight is 477 g/mol. The van der Waals surface area contributed by atoms with E-state index in [1.165, 1.54) is 4.90 Å². The number of benzene rings is 3. The maximum atomic E-state index is 13.2. The van der Waals surface area contributed by atoms with Crippen LogP contribution in [0.2, 0.25) is 5.02 Å².